The lowest BCUT2D eigenvalue weighted by Crippen LogP contribution is -2.05. The first-order valence-corrected chi connectivity index (χ1v) is 10.9. The van der Waals surface area contributed by atoms with Crippen LogP contribution in [0.15, 0.2) is 71.4 Å². The Bertz CT molecular complexity index is 1250. The number of hydrogen-bond acceptors (Lipinski definition) is 5. The first kappa shape index (κ1) is 22.0. The number of benzene rings is 3. The first-order valence-electron chi connectivity index (χ1n) is 9.78. The highest BCUT2D eigenvalue weighted by atomic mass is 127. The lowest BCUT2D eigenvalue weighted by atomic mass is 10.1. The van der Waals surface area contributed by atoms with Gasteiger partial charge in [-0.25, -0.2) is 14.2 Å². The van der Waals surface area contributed by atoms with Gasteiger partial charge in [0.05, 0.1) is 10.7 Å². The number of carbonyl (C=O) groups excluding carboxylic acids is 1. The molecule has 4 rings (SSSR count). The van der Waals surface area contributed by atoms with Gasteiger partial charge in [0.15, 0.2) is 17.2 Å². The van der Waals surface area contributed by atoms with Crippen molar-refractivity contribution in [3.63, 3.8) is 0 Å². The quantitative estimate of drug-likeness (QED) is 0.229. The van der Waals surface area contributed by atoms with E-state index in [1.165, 1.54) is 18.2 Å². The SMILES string of the molecule is COc1cc(/C=C2/N=C(c3cccc(F)c3)OC2=O)cc(I)c1OCc1ccccc1C. The summed E-state index contributed by atoms with van der Waals surface area (Å²) in [5.74, 6) is 0.201. The summed E-state index contributed by atoms with van der Waals surface area (Å²) in [6.45, 7) is 2.45. The van der Waals surface area contributed by atoms with E-state index in [4.69, 9.17) is 14.2 Å². The number of cyclic esters (lactones) is 1. The molecule has 0 fully saturated rings. The fourth-order valence-corrected chi connectivity index (χ4v) is 3.98. The predicted octanol–water partition coefficient (Wildman–Crippen LogP) is 5.67. The molecule has 3 aromatic rings. The highest BCUT2D eigenvalue weighted by Crippen LogP contribution is 2.35. The Labute approximate surface area is 198 Å². The maximum absolute atomic E-state index is 13.5. The number of esters is 1. The number of aliphatic imine (C=N–C) groups is 1. The molecular formula is C25H19FINO4. The molecule has 1 heterocycles. The molecule has 0 radical (unpaired) electrons. The zero-order valence-corrected chi connectivity index (χ0v) is 19.6. The van der Waals surface area contributed by atoms with Gasteiger partial charge < -0.3 is 14.2 Å². The molecule has 0 saturated heterocycles. The highest BCUT2D eigenvalue weighted by Gasteiger charge is 2.25. The normalized spacial score (nSPS) is 14.3. The third kappa shape index (κ3) is 4.83. The maximum atomic E-state index is 13.5. The average molecular weight is 543 g/mol. The van der Waals surface area contributed by atoms with Crippen LogP contribution in [0.3, 0.4) is 0 Å². The molecule has 0 amide bonds. The fraction of sp³-hybridized carbons (Fsp3) is 0.120. The summed E-state index contributed by atoms with van der Waals surface area (Å²) in [6.07, 6.45) is 1.60. The molecule has 0 bridgehead atoms. The van der Waals surface area contributed by atoms with Gasteiger partial charge in [-0.15, -0.1) is 0 Å². The van der Waals surface area contributed by atoms with Gasteiger partial charge in [-0.2, -0.15) is 0 Å². The van der Waals surface area contributed by atoms with E-state index in [1.54, 1.807) is 25.3 Å². The fourth-order valence-electron chi connectivity index (χ4n) is 3.20. The maximum Gasteiger partial charge on any atom is 0.363 e. The molecule has 1 aliphatic heterocycles. The first-order chi connectivity index (χ1) is 15.4. The Morgan fingerprint density at radius 2 is 1.94 bits per heavy atom. The van der Waals surface area contributed by atoms with Gasteiger partial charge >= 0.3 is 5.97 Å². The lowest BCUT2D eigenvalue weighted by molar-refractivity contribution is -0.129. The number of halogens is 2. The molecule has 3 aromatic carbocycles. The minimum atomic E-state index is -0.599. The largest absolute Gasteiger partial charge is 0.493 e. The van der Waals surface area contributed by atoms with Gasteiger partial charge in [-0.1, -0.05) is 30.3 Å². The van der Waals surface area contributed by atoms with Crippen molar-refractivity contribution in [2.75, 3.05) is 7.11 Å². The van der Waals surface area contributed by atoms with E-state index in [-0.39, 0.29) is 11.6 Å². The van der Waals surface area contributed by atoms with Crippen molar-refractivity contribution in [2.24, 2.45) is 4.99 Å². The second-order valence-corrected chi connectivity index (χ2v) is 8.26. The van der Waals surface area contributed by atoms with Gasteiger partial charge in [0.25, 0.3) is 0 Å². The summed E-state index contributed by atoms with van der Waals surface area (Å²) < 4.78 is 31.1. The average Bonchev–Trinajstić information content (AvgIpc) is 3.14. The van der Waals surface area contributed by atoms with Gasteiger partial charge in [0, 0.05) is 5.56 Å². The van der Waals surface area contributed by atoms with Crippen molar-refractivity contribution in [3.8, 4) is 11.5 Å². The predicted molar refractivity (Wildman–Crippen MR) is 128 cm³/mol. The number of carbonyl (C=O) groups is 1. The molecule has 1 aliphatic rings. The summed E-state index contributed by atoms with van der Waals surface area (Å²) in [4.78, 5) is 16.5. The minimum Gasteiger partial charge on any atom is -0.493 e. The molecule has 7 heteroatoms. The Balaban J connectivity index is 1.60. The van der Waals surface area contributed by atoms with Gasteiger partial charge in [0.1, 0.15) is 12.4 Å². The third-order valence-electron chi connectivity index (χ3n) is 4.88. The van der Waals surface area contributed by atoms with E-state index >= 15 is 0 Å². The zero-order valence-electron chi connectivity index (χ0n) is 17.4. The smallest absolute Gasteiger partial charge is 0.363 e. The van der Waals surface area contributed by atoms with Crippen LogP contribution in [0.1, 0.15) is 22.3 Å². The van der Waals surface area contributed by atoms with Crippen LogP contribution in [-0.2, 0) is 16.1 Å². The van der Waals surface area contributed by atoms with E-state index in [9.17, 15) is 9.18 Å². The number of aryl methyl sites for hydroxylation is 1. The van der Waals surface area contributed by atoms with Crippen LogP contribution < -0.4 is 9.47 Å². The van der Waals surface area contributed by atoms with E-state index in [0.29, 0.717) is 29.2 Å². The van der Waals surface area contributed by atoms with Crippen molar-refractivity contribution >= 4 is 40.5 Å². The van der Waals surface area contributed by atoms with Crippen molar-refractivity contribution in [1.29, 1.82) is 0 Å². The molecule has 0 spiro atoms. The summed E-state index contributed by atoms with van der Waals surface area (Å²) in [6, 6.07) is 17.4. The standard InChI is InChI=1S/C25H19FINO4/c1-15-6-3-4-7-18(15)14-31-23-20(27)10-16(12-22(23)30-2)11-21-25(29)32-24(28-21)17-8-5-9-19(26)13-17/h3-13H,14H2,1-2H3/b21-11+. The molecule has 0 saturated carbocycles. The van der Waals surface area contributed by atoms with Crippen molar-refractivity contribution in [2.45, 2.75) is 13.5 Å². The van der Waals surface area contributed by atoms with Crippen LogP contribution in [0, 0.1) is 16.3 Å². The Morgan fingerprint density at radius 1 is 1.12 bits per heavy atom. The summed E-state index contributed by atoms with van der Waals surface area (Å²) in [5.41, 5.74) is 3.45. The summed E-state index contributed by atoms with van der Waals surface area (Å²) >= 11 is 2.17. The van der Waals surface area contributed by atoms with Crippen LogP contribution >= 0.6 is 22.6 Å². The molecule has 5 nitrogen and oxygen atoms in total. The third-order valence-corrected chi connectivity index (χ3v) is 5.68. The number of ether oxygens (including phenoxy) is 3. The summed E-state index contributed by atoms with van der Waals surface area (Å²) in [7, 11) is 1.56. The van der Waals surface area contributed by atoms with Crippen LogP contribution in [0.4, 0.5) is 4.39 Å². The van der Waals surface area contributed by atoms with Crippen LogP contribution in [0.25, 0.3) is 6.08 Å². The van der Waals surface area contributed by atoms with Crippen molar-refractivity contribution in [3.05, 3.63) is 98.0 Å². The second-order valence-electron chi connectivity index (χ2n) is 7.10. The molecule has 0 N–H and O–H groups in total. The second kappa shape index (κ2) is 9.52. The molecule has 0 unspecified atom stereocenters. The molecule has 0 aromatic heterocycles. The number of methoxy groups -OCH3 is 1. The Morgan fingerprint density at radius 3 is 2.69 bits per heavy atom. The van der Waals surface area contributed by atoms with Crippen LogP contribution in [-0.4, -0.2) is 19.0 Å². The molecule has 32 heavy (non-hydrogen) atoms. The van der Waals surface area contributed by atoms with E-state index < -0.39 is 11.8 Å². The van der Waals surface area contributed by atoms with Crippen LogP contribution in [0.5, 0.6) is 11.5 Å². The monoisotopic (exact) mass is 543 g/mol. The van der Waals surface area contributed by atoms with Gasteiger partial charge in [-0.3, -0.25) is 0 Å². The van der Waals surface area contributed by atoms with E-state index in [1.807, 2.05) is 37.3 Å². The molecule has 162 valence electrons. The van der Waals surface area contributed by atoms with Gasteiger partial charge in [0.2, 0.25) is 5.90 Å². The van der Waals surface area contributed by atoms with Crippen molar-refractivity contribution in [1.82, 2.24) is 0 Å². The molecule has 0 atom stereocenters. The summed E-state index contributed by atoms with van der Waals surface area (Å²) in [5, 5.41) is 0. The number of rotatable bonds is 6. The number of hydrogen-bond donors (Lipinski definition) is 0. The van der Waals surface area contributed by atoms with E-state index in [2.05, 4.69) is 27.6 Å². The topological polar surface area (TPSA) is 57.1 Å². The zero-order chi connectivity index (χ0) is 22.7. The van der Waals surface area contributed by atoms with Crippen molar-refractivity contribution < 1.29 is 23.4 Å². The van der Waals surface area contributed by atoms with E-state index in [0.717, 1.165) is 14.7 Å². The number of nitrogens with zero attached hydrogens (tertiary/aromatic N) is 1. The van der Waals surface area contributed by atoms with Gasteiger partial charge in [-0.05, 0) is 82.6 Å². The van der Waals surface area contributed by atoms with Crippen LogP contribution in [0.2, 0.25) is 0 Å². The minimum absolute atomic E-state index is 0.0700. The Hall–Kier alpha value is -3.20. The Kier molecular flexibility index (Phi) is 6.55. The molecular weight excluding hydrogens is 524 g/mol. The lowest BCUT2D eigenvalue weighted by Gasteiger charge is -2.14. The molecule has 0 aliphatic carbocycles. The highest BCUT2D eigenvalue weighted by molar-refractivity contribution is 14.1.